The van der Waals surface area contributed by atoms with E-state index in [1.807, 2.05) is 55.7 Å². The topological polar surface area (TPSA) is 146 Å². The number of imide groups is 1. The number of hydrogen-bond acceptors (Lipinski definition) is 8. The lowest BCUT2D eigenvalue weighted by molar-refractivity contribution is -0.146. The summed E-state index contributed by atoms with van der Waals surface area (Å²) in [6.45, 7) is 8.15. The van der Waals surface area contributed by atoms with E-state index in [1.54, 1.807) is 6.20 Å². The van der Waals surface area contributed by atoms with E-state index in [2.05, 4.69) is 10.6 Å². The SMILES string of the molecule is CC(O)C(=O)N(CC1CNCC1OC(=O)NCCN1C(=O)C=CC1=O)C(c1nc(-c2cc(F)ccc2F)cn1Cc1ccccc1)C(C)(C)C. The number of aliphatic hydroxyl groups is 1. The monoisotopic (exact) mass is 692 g/mol. The van der Waals surface area contributed by atoms with Gasteiger partial charge in [-0.15, -0.1) is 0 Å². The van der Waals surface area contributed by atoms with E-state index in [0.29, 0.717) is 25.5 Å². The summed E-state index contributed by atoms with van der Waals surface area (Å²) in [5.41, 5.74) is 0.363. The van der Waals surface area contributed by atoms with Crippen LogP contribution >= 0.6 is 0 Å². The first-order valence-electron chi connectivity index (χ1n) is 16.5. The Bertz CT molecular complexity index is 1740. The fraction of sp³-hybridized carbons (Fsp3) is 0.417. The lowest BCUT2D eigenvalue weighted by Crippen LogP contribution is -2.50. The third kappa shape index (κ3) is 8.43. The number of aromatic nitrogens is 2. The molecule has 1 saturated heterocycles. The predicted octanol–water partition coefficient (Wildman–Crippen LogP) is 3.41. The Balaban J connectivity index is 1.44. The highest BCUT2D eigenvalue weighted by Gasteiger charge is 2.43. The van der Waals surface area contributed by atoms with Crippen LogP contribution < -0.4 is 10.6 Å². The maximum absolute atomic E-state index is 15.1. The highest BCUT2D eigenvalue weighted by Crippen LogP contribution is 2.40. The number of benzene rings is 2. The van der Waals surface area contributed by atoms with Crippen LogP contribution in [0.25, 0.3) is 11.3 Å². The average molecular weight is 693 g/mol. The van der Waals surface area contributed by atoms with Gasteiger partial charge >= 0.3 is 6.09 Å². The minimum absolute atomic E-state index is 0.0140. The number of amides is 4. The molecule has 0 saturated carbocycles. The first-order valence-corrected chi connectivity index (χ1v) is 16.5. The Kier molecular flexibility index (Phi) is 11.1. The zero-order valence-corrected chi connectivity index (χ0v) is 28.4. The minimum Gasteiger partial charge on any atom is -0.444 e. The molecule has 0 bridgehead atoms. The maximum Gasteiger partial charge on any atom is 0.407 e. The Morgan fingerprint density at radius 3 is 2.46 bits per heavy atom. The molecule has 2 aliphatic rings. The Labute approximate surface area is 289 Å². The van der Waals surface area contributed by atoms with Gasteiger partial charge in [-0.2, -0.15) is 0 Å². The minimum atomic E-state index is -1.39. The third-order valence-corrected chi connectivity index (χ3v) is 8.70. The Morgan fingerprint density at radius 2 is 1.80 bits per heavy atom. The number of rotatable bonds is 12. The smallest absolute Gasteiger partial charge is 0.407 e. The van der Waals surface area contributed by atoms with Crippen LogP contribution in [0.5, 0.6) is 0 Å². The number of nitrogens with zero attached hydrogens (tertiary/aromatic N) is 4. The number of carbonyl (C=O) groups excluding carboxylic acids is 4. The normalized spacial score (nSPS) is 18.7. The zero-order valence-electron chi connectivity index (χ0n) is 28.4. The van der Waals surface area contributed by atoms with Crippen LogP contribution in [0.4, 0.5) is 13.6 Å². The predicted molar refractivity (Wildman–Crippen MR) is 179 cm³/mol. The number of aliphatic hydroxyl groups excluding tert-OH is 1. The van der Waals surface area contributed by atoms with E-state index >= 15 is 4.39 Å². The van der Waals surface area contributed by atoms with Crippen molar-refractivity contribution in [2.75, 3.05) is 32.7 Å². The second kappa shape index (κ2) is 15.3. The molecule has 3 heterocycles. The second-order valence-corrected chi connectivity index (χ2v) is 13.6. The summed E-state index contributed by atoms with van der Waals surface area (Å²) in [7, 11) is 0. The number of nitrogens with one attached hydrogen (secondary N) is 2. The number of alkyl carbamates (subject to hydrolysis) is 1. The van der Waals surface area contributed by atoms with Crippen molar-refractivity contribution in [3.63, 3.8) is 0 Å². The summed E-state index contributed by atoms with van der Waals surface area (Å²) >= 11 is 0. The van der Waals surface area contributed by atoms with Crippen LogP contribution in [0.3, 0.4) is 0 Å². The molecule has 50 heavy (non-hydrogen) atoms. The molecule has 14 heteroatoms. The molecule has 3 aromatic rings. The molecule has 5 rings (SSSR count). The van der Waals surface area contributed by atoms with E-state index in [-0.39, 0.29) is 30.9 Å². The summed E-state index contributed by atoms with van der Waals surface area (Å²) in [6.07, 6.45) is 1.15. The highest BCUT2D eigenvalue weighted by molar-refractivity contribution is 6.12. The van der Waals surface area contributed by atoms with Crippen LogP contribution in [0.15, 0.2) is 66.9 Å². The van der Waals surface area contributed by atoms with E-state index in [9.17, 15) is 28.7 Å². The molecular weight excluding hydrogens is 650 g/mol. The molecule has 2 aliphatic heterocycles. The van der Waals surface area contributed by atoms with Gasteiger partial charge in [-0.25, -0.2) is 18.6 Å². The van der Waals surface area contributed by atoms with E-state index < -0.39 is 65.0 Å². The lowest BCUT2D eigenvalue weighted by Gasteiger charge is -2.42. The van der Waals surface area contributed by atoms with Crippen molar-refractivity contribution in [1.82, 2.24) is 30.0 Å². The van der Waals surface area contributed by atoms with E-state index in [1.165, 1.54) is 11.8 Å². The van der Waals surface area contributed by atoms with Crippen LogP contribution in [0, 0.1) is 23.0 Å². The van der Waals surface area contributed by atoms with Gasteiger partial charge in [0.15, 0.2) is 0 Å². The molecule has 1 fully saturated rings. The fourth-order valence-electron chi connectivity index (χ4n) is 6.32. The molecular formula is C36H42F2N6O6. The number of halogens is 2. The van der Waals surface area contributed by atoms with Gasteiger partial charge in [-0.3, -0.25) is 19.3 Å². The first-order chi connectivity index (χ1) is 23.7. The van der Waals surface area contributed by atoms with Crippen molar-refractivity contribution >= 4 is 23.8 Å². The molecule has 0 aliphatic carbocycles. The molecule has 12 nitrogen and oxygen atoms in total. The van der Waals surface area contributed by atoms with Gasteiger partial charge in [0.05, 0.1) is 11.7 Å². The van der Waals surface area contributed by atoms with Crippen molar-refractivity contribution in [2.45, 2.75) is 52.5 Å². The van der Waals surface area contributed by atoms with Crippen molar-refractivity contribution in [2.24, 2.45) is 11.3 Å². The summed E-state index contributed by atoms with van der Waals surface area (Å²) in [6, 6.07) is 11.9. The van der Waals surface area contributed by atoms with Crippen molar-refractivity contribution in [3.8, 4) is 11.3 Å². The summed E-state index contributed by atoms with van der Waals surface area (Å²) in [4.78, 5) is 57.7. The number of hydrogen-bond donors (Lipinski definition) is 3. The lowest BCUT2D eigenvalue weighted by atomic mass is 9.83. The quantitative estimate of drug-likeness (QED) is 0.245. The first kappa shape index (κ1) is 36.3. The van der Waals surface area contributed by atoms with Crippen molar-refractivity contribution in [3.05, 3.63) is 89.9 Å². The van der Waals surface area contributed by atoms with Gasteiger partial charge in [0.25, 0.3) is 17.7 Å². The van der Waals surface area contributed by atoms with Crippen LogP contribution in [-0.2, 0) is 25.7 Å². The van der Waals surface area contributed by atoms with Crippen molar-refractivity contribution < 1.29 is 37.8 Å². The van der Waals surface area contributed by atoms with Gasteiger partial charge < -0.3 is 29.9 Å². The highest BCUT2D eigenvalue weighted by atomic mass is 19.1. The Hall–Kier alpha value is -4.95. The molecule has 0 radical (unpaired) electrons. The molecule has 0 spiro atoms. The van der Waals surface area contributed by atoms with Crippen LogP contribution in [0.2, 0.25) is 0 Å². The summed E-state index contributed by atoms with van der Waals surface area (Å²) in [5.74, 6) is -2.79. The van der Waals surface area contributed by atoms with E-state index in [4.69, 9.17) is 9.72 Å². The molecule has 1 aromatic heterocycles. The van der Waals surface area contributed by atoms with Gasteiger partial charge in [-0.1, -0.05) is 51.1 Å². The van der Waals surface area contributed by atoms with E-state index in [0.717, 1.165) is 40.8 Å². The number of carbonyl (C=O) groups is 4. The molecule has 4 atom stereocenters. The van der Waals surface area contributed by atoms with Crippen LogP contribution in [0.1, 0.15) is 45.1 Å². The van der Waals surface area contributed by atoms with Gasteiger partial charge in [-0.05, 0) is 36.1 Å². The van der Waals surface area contributed by atoms with Crippen molar-refractivity contribution in [1.29, 1.82) is 0 Å². The van der Waals surface area contributed by atoms with Gasteiger partial charge in [0.1, 0.15) is 29.7 Å². The van der Waals surface area contributed by atoms with Crippen LogP contribution in [-0.4, -0.2) is 93.2 Å². The van der Waals surface area contributed by atoms with Gasteiger partial charge in [0, 0.05) is 69.1 Å². The molecule has 4 amide bonds. The summed E-state index contributed by atoms with van der Waals surface area (Å²) in [5, 5.41) is 16.4. The Morgan fingerprint density at radius 1 is 1.10 bits per heavy atom. The summed E-state index contributed by atoms with van der Waals surface area (Å²) < 4.78 is 36.9. The maximum atomic E-state index is 15.1. The molecule has 266 valence electrons. The molecule has 3 N–H and O–H groups in total. The second-order valence-electron chi connectivity index (χ2n) is 13.6. The fourth-order valence-corrected chi connectivity index (χ4v) is 6.32. The number of imidazole rings is 1. The molecule has 2 aromatic carbocycles. The third-order valence-electron chi connectivity index (χ3n) is 8.70. The standard InChI is InChI=1S/C36H42F2N6O6/c1-22(45)34(48)44(20-24-17-39-18-29(24)50-35(49)40-14-15-43-30(46)12-13-31(43)47)32(36(2,3)4)33-41-28(26-16-25(37)10-11-27(26)38)21-42(33)19-23-8-6-5-7-9-23/h5-13,16,21-22,24,29,32,39,45H,14-15,17-20H2,1-4H3,(H,40,49). The van der Waals surface area contributed by atoms with Gasteiger partial charge in [0.2, 0.25) is 0 Å². The number of ether oxygens (including phenoxy) is 1. The average Bonchev–Trinajstić information content (AvgIpc) is 3.76. The largest absolute Gasteiger partial charge is 0.444 e. The zero-order chi connectivity index (χ0) is 36.2. The molecule has 4 unspecified atom stereocenters.